The fourth-order valence-corrected chi connectivity index (χ4v) is 3.71. The van der Waals surface area contributed by atoms with Crippen LogP contribution in [-0.4, -0.2) is 14.4 Å². The van der Waals surface area contributed by atoms with Crippen LogP contribution in [0.15, 0.2) is 73.2 Å². The summed E-state index contributed by atoms with van der Waals surface area (Å²) in [5.74, 6) is 0.707. The van der Waals surface area contributed by atoms with E-state index in [4.69, 9.17) is 10.7 Å². The molecule has 0 saturated heterocycles. The molecule has 2 heterocycles. The molecule has 4 heteroatoms. The topological polar surface area (TPSA) is 56.2 Å². The van der Waals surface area contributed by atoms with Gasteiger partial charge < -0.3 is 5.73 Å². The number of imidazole rings is 1. The van der Waals surface area contributed by atoms with E-state index >= 15 is 0 Å². The minimum absolute atomic E-state index is 0.138. The van der Waals surface area contributed by atoms with Crippen LogP contribution in [0, 0.1) is 0 Å². The molecule has 1 aliphatic carbocycles. The van der Waals surface area contributed by atoms with E-state index in [0.717, 1.165) is 35.2 Å². The van der Waals surface area contributed by atoms with E-state index in [0.29, 0.717) is 5.78 Å². The van der Waals surface area contributed by atoms with Gasteiger partial charge >= 0.3 is 0 Å². The van der Waals surface area contributed by atoms with Crippen molar-refractivity contribution in [3.05, 3.63) is 78.8 Å². The minimum Gasteiger partial charge on any atom is -0.321 e. The second-order valence-electron chi connectivity index (χ2n) is 7.09. The summed E-state index contributed by atoms with van der Waals surface area (Å²) in [6.45, 7) is 0. The van der Waals surface area contributed by atoms with Crippen LogP contribution in [0.4, 0.5) is 0 Å². The lowest BCUT2D eigenvalue weighted by Crippen LogP contribution is -2.43. The van der Waals surface area contributed by atoms with Crippen LogP contribution in [0.1, 0.15) is 24.8 Å². The number of hydrogen-bond acceptors (Lipinski definition) is 3. The molecule has 2 N–H and O–H groups in total. The molecule has 128 valence electrons. The van der Waals surface area contributed by atoms with Gasteiger partial charge in [-0.25, -0.2) is 9.97 Å². The third-order valence-electron chi connectivity index (χ3n) is 5.45. The Balaban J connectivity index is 1.65. The summed E-state index contributed by atoms with van der Waals surface area (Å²) >= 11 is 0. The first kappa shape index (κ1) is 15.3. The number of nitrogens with zero attached hydrogens (tertiary/aromatic N) is 3. The van der Waals surface area contributed by atoms with E-state index in [1.165, 1.54) is 12.0 Å². The molecule has 4 aromatic rings. The predicted molar refractivity (Wildman–Crippen MR) is 104 cm³/mol. The van der Waals surface area contributed by atoms with E-state index in [9.17, 15) is 0 Å². The van der Waals surface area contributed by atoms with E-state index in [2.05, 4.69) is 59.7 Å². The molecular formula is C22H20N4. The molecule has 0 amide bonds. The summed E-state index contributed by atoms with van der Waals surface area (Å²) in [5.41, 5.74) is 11.8. The van der Waals surface area contributed by atoms with E-state index < -0.39 is 0 Å². The van der Waals surface area contributed by atoms with Crippen molar-refractivity contribution in [1.82, 2.24) is 14.4 Å². The number of aromatic nitrogens is 3. The highest BCUT2D eigenvalue weighted by molar-refractivity contribution is 5.81. The van der Waals surface area contributed by atoms with Crippen molar-refractivity contribution in [3.63, 3.8) is 0 Å². The number of benzene rings is 2. The maximum atomic E-state index is 6.47. The van der Waals surface area contributed by atoms with Crippen LogP contribution < -0.4 is 5.73 Å². The Morgan fingerprint density at radius 2 is 1.69 bits per heavy atom. The first-order valence-electron chi connectivity index (χ1n) is 9.02. The lowest BCUT2D eigenvalue weighted by molar-refractivity contribution is 0.253. The van der Waals surface area contributed by atoms with Crippen LogP contribution in [0.3, 0.4) is 0 Å². The Morgan fingerprint density at radius 3 is 2.38 bits per heavy atom. The van der Waals surface area contributed by atoms with Crippen LogP contribution in [0.25, 0.3) is 28.2 Å². The van der Waals surface area contributed by atoms with Crippen molar-refractivity contribution < 1.29 is 0 Å². The second kappa shape index (κ2) is 5.78. The predicted octanol–water partition coefficient (Wildman–Crippen LogP) is 4.40. The van der Waals surface area contributed by atoms with Crippen molar-refractivity contribution >= 4 is 5.78 Å². The van der Waals surface area contributed by atoms with Gasteiger partial charge in [0.25, 0.3) is 0 Å². The van der Waals surface area contributed by atoms with Gasteiger partial charge in [-0.15, -0.1) is 0 Å². The molecule has 2 aromatic carbocycles. The zero-order valence-electron chi connectivity index (χ0n) is 14.5. The summed E-state index contributed by atoms with van der Waals surface area (Å²) in [4.78, 5) is 9.18. The van der Waals surface area contributed by atoms with Crippen LogP contribution in [-0.2, 0) is 5.54 Å². The molecule has 0 unspecified atom stereocenters. The summed E-state index contributed by atoms with van der Waals surface area (Å²) < 4.78 is 1.96. The van der Waals surface area contributed by atoms with Gasteiger partial charge in [-0.2, -0.15) is 0 Å². The summed E-state index contributed by atoms with van der Waals surface area (Å²) in [6.07, 6.45) is 9.16. The normalized spacial score (nSPS) is 15.7. The monoisotopic (exact) mass is 340 g/mol. The van der Waals surface area contributed by atoms with Crippen LogP contribution in [0.5, 0.6) is 0 Å². The number of fused-ring (bicyclic) bond motifs is 1. The number of rotatable bonds is 3. The molecular weight excluding hydrogens is 320 g/mol. The lowest BCUT2D eigenvalue weighted by atomic mass is 9.72. The standard InChI is InChI=1S/C22H20N4/c23-22(11-4-12-22)18-9-7-17(8-10-18)20-19(16-5-2-1-3-6-16)15-26-14-13-24-21(26)25-20/h1-3,5-10,13-15H,4,11-12,23H2. The SMILES string of the molecule is NC1(c2ccc(-c3nc4nccn4cc3-c3ccccc3)cc2)CCC1. The molecule has 0 spiro atoms. The summed E-state index contributed by atoms with van der Waals surface area (Å²) in [5, 5.41) is 0. The highest BCUT2D eigenvalue weighted by Gasteiger charge is 2.34. The maximum absolute atomic E-state index is 6.47. The third-order valence-corrected chi connectivity index (χ3v) is 5.45. The zero-order valence-corrected chi connectivity index (χ0v) is 14.5. The van der Waals surface area contributed by atoms with E-state index in [1.807, 2.05) is 16.7 Å². The molecule has 0 aliphatic heterocycles. The minimum atomic E-state index is -0.138. The third kappa shape index (κ3) is 2.42. The Labute approximate surface area is 152 Å². The first-order chi connectivity index (χ1) is 12.7. The Hall–Kier alpha value is -2.98. The second-order valence-corrected chi connectivity index (χ2v) is 7.09. The smallest absolute Gasteiger partial charge is 0.234 e. The van der Waals surface area contributed by atoms with Crippen molar-refractivity contribution in [2.24, 2.45) is 5.73 Å². The molecule has 1 aliphatic rings. The molecule has 26 heavy (non-hydrogen) atoms. The molecule has 2 aromatic heterocycles. The van der Waals surface area contributed by atoms with Gasteiger partial charge in [0.1, 0.15) is 0 Å². The summed E-state index contributed by atoms with van der Waals surface area (Å²) in [7, 11) is 0. The van der Waals surface area contributed by atoms with Gasteiger partial charge in [0.15, 0.2) is 0 Å². The van der Waals surface area contributed by atoms with Crippen molar-refractivity contribution in [2.75, 3.05) is 0 Å². The van der Waals surface area contributed by atoms with Gasteiger partial charge in [-0.1, -0.05) is 54.6 Å². The molecule has 1 fully saturated rings. The average molecular weight is 340 g/mol. The Morgan fingerprint density at radius 1 is 0.923 bits per heavy atom. The highest BCUT2D eigenvalue weighted by atomic mass is 15.1. The quantitative estimate of drug-likeness (QED) is 0.601. The molecule has 5 rings (SSSR count). The van der Waals surface area contributed by atoms with Gasteiger partial charge in [-0.05, 0) is 30.4 Å². The zero-order chi connectivity index (χ0) is 17.6. The molecule has 1 saturated carbocycles. The lowest BCUT2D eigenvalue weighted by Gasteiger charge is -2.38. The Kier molecular flexibility index (Phi) is 3.40. The molecule has 0 radical (unpaired) electrons. The number of nitrogens with two attached hydrogens (primary N) is 1. The van der Waals surface area contributed by atoms with E-state index in [-0.39, 0.29) is 5.54 Å². The average Bonchev–Trinajstić information content (AvgIpc) is 3.13. The largest absolute Gasteiger partial charge is 0.321 e. The molecule has 0 bridgehead atoms. The van der Waals surface area contributed by atoms with Crippen molar-refractivity contribution in [2.45, 2.75) is 24.8 Å². The van der Waals surface area contributed by atoms with Crippen molar-refractivity contribution in [1.29, 1.82) is 0 Å². The fraction of sp³-hybridized carbons (Fsp3) is 0.182. The van der Waals surface area contributed by atoms with Crippen LogP contribution >= 0.6 is 0 Å². The molecule has 4 nitrogen and oxygen atoms in total. The highest BCUT2D eigenvalue weighted by Crippen LogP contribution is 2.39. The number of hydrogen-bond donors (Lipinski definition) is 1. The van der Waals surface area contributed by atoms with Gasteiger partial charge in [0, 0.05) is 35.3 Å². The van der Waals surface area contributed by atoms with Crippen molar-refractivity contribution in [3.8, 4) is 22.4 Å². The fourth-order valence-electron chi connectivity index (χ4n) is 3.71. The van der Waals surface area contributed by atoms with Gasteiger partial charge in [0.2, 0.25) is 5.78 Å². The van der Waals surface area contributed by atoms with Gasteiger partial charge in [0.05, 0.1) is 5.69 Å². The summed E-state index contributed by atoms with van der Waals surface area (Å²) in [6, 6.07) is 18.9. The van der Waals surface area contributed by atoms with E-state index in [1.54, 1.807) is 6.20 Å². The van der Waals surface area contributed by atoms with Gasteiger partial charge in [-0.3, -0.25) is 4.40 Å². The Bertz CT molecular complexity index is 1060. The first-order valence-corrected chi connectivity index (χ1v) is 9.02. The maximum Gasteiger partial charge on any atom is 0.234 e. The van der Waals surface area contributed by atoms with Crippen LogP contribution in [0.2, 0.25) is 0 Å². The molecule has 0 atom stereocenters.